The van der Waals surface area contributed by atoms with E-state index in [2.05, 4.69) is 9.47 Å². The lowest BCUT2D eigenvalue weighted by atomic mass is 10.1. The summed E-state index contributed by atoms with van der Waals surface area (Å²) in [6, 6.07) is 19.6. The number of hydrogen-bond donors (Lipinski definition) is 0. The summed E-state index contributed by atoms with van der Waals surface area (Å²) in [6.45, 7) is 1.16. The fourth-order valence-corrected chi connectivity index (χ4v) is 2.78. The number of nitrogens with zero attached hydrogens (tertiary/aromatic N) is 1. The number of carbonyl (C=O) groups excluding carboxylic acids is 2. The van der Waals surface area contributed by atoms with E-state index < -0.39 is 12.1 Å². The standard InChI is InChI=1S/C18H20FNO2.C5H8O2/c1-22-18(21)17(19)14-20(12-15-8-4-2-5-9-15)13-16-10-6-3-7-11-16;1-7-5(6)4-2-3-4/h2-11,17H,12-14H2,1H3;4H,2-3H2,1H3/t17-;/m1./s1. The monoisotopic (exact) mass is 401 g/mol. The van der Waals surface area contributed by atoms with Gasteiger partial charge in [-0.25, -0.2) is 9.18 Å². The summed E-state index contributed by atoms with van der Waals surface area (Å²) in [4.78, 5) is 23.6. The Morgan fingerprint density at radius 1 is 0.931 bits per heavy atom. The van der Waals surface area contributed by atoms with Gasteiger partial charge >= 0.3 is 11.9 Å². The number of rotatable bonds is 8. The fourth-order valence-electron chi connectivity index (χ4n) is 2.78. The van der Waals surface area contributed by atoms with Crippen LogP contribution in [0, 0.1) is 5.92 Å². The van der Waals surface area contributed by atoms with E-state index in [4.69, 9.17) is 0 Å². The zero-order chi connectivity index (χ0) is 21.1. The molecule has 1 fully saturated rings. The minimum absolute atomic E-state index is 0.0104. The highest BCUT2D eigenvalue weighted by molar-refractivity contribution is 5.75. The molecule has 1 saturated carbocycles. The van der Waals surface area contributed by atoms with Gasteiger partial charge in [-0.1, -0.05) is 60.7 Å². The summed E-state index contributed by atoms with van der Waals surface area (Å²) < 4.78 is 22.8. The van der Waals surface area contributed by atoms with Crippen LogP contribution in [0.25, 0.3) is 0 Å². The largest absolute Gasteiger partial charge is 0.469 e. The summed E-state index contributed by atoms with van der Waals surface area (Å²) in [5.41, 5.74) is 2.16. The van der Waals surface area contributed by atoms with E-state index in [1.807, 2.05) is 65.6 Å². The molecular formula is C23H28FNO4. The number of methoxy groups -OCH3 is 2. The second kappa shape index (κ2) is 12.0. The molecule has 1 atom stereocenters. The molecule has 2 aromatic carbocycles. The Morgan fingerprint density at radius 2 is 1.41 bits per heavy atom. The van der Waals surface area contributed by atoms with Crippen molar-refractivity contribution in [2.45, 2.75) is 32.1 Å². The molecule has 1 aliphatic carbocycles. The summed E-state index contributed by atoms with van der Waals surface area (Å²) >= 11 is 0. The van der Waals surface area contributed by atoms with Crippen LogP contribution in [0.1, 0.15) is 24.0 Å². The first kappa shape index (κ1) is 22.6. The highest BCUT2D eigenvalue weighted by Gasteiger charge is 2.30. The average molecular weight is 401 g/mol. The van der Waals surface area contributed by atoms with Crippen LogP contribution in [0.3, 0.4) is 0 Å². The van der Waals surface area contributed by atoms with E-state index in [1.165, 1.54) is 14.2 Å². The van der Waals surface area contributed by atoms with Gasteiger partial charge in [-0.05, 0) is 24.0 Å². The number of carbonyl (C=O) groups is 2. The number of hydrogen-bond acceptors (Lipinski definition) is 5. The number of esters is 2. The minimum Gasteiger partial charge on any atom is -0.469 e. The van der Waals surface area contributed by atoms with Gasteiger partial charge in [-0.3, -0.25) is 9.69 Å². The number of ether oxygens (including phenoxy) is 2. The van der Waals surface area contributed by atoms with Crippen LogP contribution in [0.4, 0.5) is 4.39 Å². The van der Waals surface area contributed by atoms with E-state index in [-0.39, 0.29) is 18.4 Å². The summed E-state index contributed by atoms with van der Waals surface area (Å²) in [5, 5.41) is 0. The van der Waals surface area contributed by atoms with Gasteiger partial charge in [0.15, 0.2) is 0 Å². The third kappa shape index (κ3) is 8.44. The van der Waals surface area contributed by atoms with E-state index in [1.54, 1.807) is 0 Å². The predicted octanol–water partition coefficient (Wildman–Crippen LogP) is 3.77. The van der Waals surface area contributed by atoms with Crippen molar-refractivity contribution >= 4 is 11.9 Å². The van der Waals surface area contributed by atoms with Gasteiger partial charge in [0.05, 0.1) is 20.1 Å². The quantitative estimate of drug-likeness (QED) is 0.631. The molecule has 5 nitrogen and oxygen atoms in total. The van der Waals surface area contributed by atoms with Crippen molar-refractivity contribution in [2.24, 2.45) is 5.92 Å². The van der Waals surface area contributed by atoms with Crippen molar-refractivity contribution < 1.29 is 23.5 Å². The molecule has 0 aliphatic heterocycles. The molecule has 156 valence electrons. The Morgan fingerprint density at radius 3 is 1.76 bits per heavy atom. The van der Waals surface area contributed by atoms with Crippen LogP contribution >= 0.6 is 0 Å². The molecule has 2 aromatic rings. The smallest absolute Gasteiger partial charge is 0.341 e. The zero-order valence-corrected chi connectivity index (χ0v) is 16.9. The molecule has 1 aliphatic rings. The number of alkyl halides is 1. The zero-order valence-electron chi connectivity index (χ0n) is 16.9. The minimum atomic E-state index is -1.64. The summed E-state index contributed by atoms with van der Waals surface area (Å²) in [7, 11) is 2.63. The lowest BCUT2D eigenvalue weighted by Gasteiger charge is -2.23. The Balaban J connectivity index is 0.000000360. The van der Waals surface area contributed by atoms with Crippen LogP contribution in [0.5, 0.6) is 0 Å². The van der Waals surface area contributed by atoms with Gasteiger partial charge in [-0.2, -0.15) is 0 Å². The first-order chi connectivity index (χ1) is 14.0. The lowest BCUT2D eigenvalue weighted by molar-refractivity contribution is -0.147. The van der Waals surface area contributed by atoms with E-state index >= 15 is 0 Å². The normalized spacial score (nSPS) is 13.8. The second-order valence-electron chi connectivity index (χ2n) is 6.93. The molecule has 0 unspecified atom stereocenters. The van der Waals surface area contributed by atoms with Crippen molar-refractivity contribution in [1.29, 1.82) is 0 Å². The van der Waals surface area contributed by atoms with Crippen LogP contribution in [-0.2, 0) is 32.2 Å². The third-order valence-electron chi connectivity index (χ3n) is 4.49. The fraction of sp³-hybridized carbons (Fsp3) is 0.391. The van der Waals surface area contributed by atoms with Crippen molar-refractivity contribution in [1.82, 2.24) is 4.90 Å². The van der Waals surface area contributed by atoms with Crippen LogP contribution in [0.15, 0.2) is 60.7 Å². The molecule has 0 spiro atoms. The van der Waals surface area contributed by atoms with Gasteiger partial charge in [0.2, 0.25) is 6.17 Å². The number of benzene rings is 2. The van der Waals surface area contributed by atoms with Crippen molar-refractivity contribution in [3.05, 3.63) is 71.8 Å². The van der Waals surface area contributed by atoms with Crippen molar-refractivity contribution in [3.8, 4) is 0 Å². The molecule has 0 amide bonds. The Bertz CT molecular complexity index is 708. The Hall–Kier alpha value is -2.73. The molecule has 0 bridgehead atoms. The highest BCUT2D eigenvalue weighted by atomic mass is 19.1. The molecule has 3 rings (SSSR count). The van der Waals surface area contributed by atoms with E-state index in [0.29, 0.717) is 13.1 Å². The highest BCUT2D eigenvalue weighted by Crippen LogP contribution is 2.29. The Kier molecular flexibility index (Phi) is 9.31. The molecule has 0 radical (unpaired) electrons. The molecule has 6 heteroatoms. The van der Waals surface area contributed by atoms with Crippen LogP contribution < -0.4 is 0 Å². The van der Waals surface area contributed by atoms with Gasteiger partial charge in [0, 0.05) is 19.6 Å². The topological polar surface area (TPSA) is 55.8 Å². The number of halogens is 1. The first-order valence-corrected chi connectivity index (χ1v) is 9.63. The molecule has 29 heavy (non-hydrogen) atoms. The van der Waals surface area contributed by atoms with Crippen LogP contribution in [0.2, 0.25) is 0 Å². The van der Waals surface area contributed by atoms with Gasteiger partial charge in [-0.15, -0.1) is 0 Å². The maximum atomic E-state index is 13.9. The maximum absolute atomic E-state index is 13.9. The van der Waals surface area contributed by atoms with Crippen molar-refractivity contribution in [3.63, 3.8) is 0 Å². The van der Waals surface area contributed by atoms with Gasteiger partial charge in [0.25, 0.3) is 0 Å². The molecule has 0 heterocycles. The van der Waals surface area contributed by atoms with Crippen molar-refractivity contribution in [2.75, 3.05) is 20.8 Å². The third-order valence-corrected chi connectivity index (χ3v) is 4.49. The van der Waals surface area contributed by atoms with Crippen LogP contribution in [-0.4, -0.2) is 43.8 Å². The maximum Gasteiger partial charge on any atom is 0.341 e. The second-order valence-corrected chi connectivity index (χ2v) is 6.93. The first-order valence-electron chi connectivity index (χ1n) is 9.63. The van der Waals surface area contributed by atoms with E-state index in [9.17, 15) is 14.0 Å². The van der Waals surface area contributed by atoms with E-state index in [0.717, 1.165) is 24.0 Å². The molecule has 0 aromatic heterocycles. The lowest BCUT2D eigenvalue weighted by Crippen LogP contribution is -2.34. The average Bonchev–Trinajstić information content (AvgIpc) is 3.60. The molecule has 0 N–H and O–H groups in total. The Labute approximate surface area is 171 Å². The van der Waals surface area contributed by atoms with Gasteiger partial charge in [0.1, 0.15) is 0 Å². The van der Waals surface area contributed by atoms with Gasteiger partial charge < -0.3 is 9.47 Å². The SMILES string of the molecule is COC(=O)C1CC1.COC(=O)[C@H](F)CN(Cc1ccccc1)Cc1ccccc1. The summed E-state index contributed by atoms with van der Waals surface area (Å²) in [6.07, 6.45) is 0.428. The molecular weight excluding hydrogens is 373 g/mol. The predicted molar refractivity (Wildman–Crippen MR) is 109 cm³/mol. The molecule has 0 saturated heterocycles. The summed E-state index contributed by atoms with van der Waals surface area (Å²) in [5.74, 6) is -0.615.